The van der Waals surface area contributed by atoms with E-state index < -0.39 is 0 Å². The van der Waals surface area contributed by atoms with Crippen molar-refractivity contribution in [2.24, 2.45) is 0 Å². The molecule has 0 saturated heterocycles. The summed E-state index contributed by atoms with van der Waals surface area (Å²) in [6.45, 7) is 3.99. The van der Waals surface area contributed by atoms with Crippen LogP contribution in [0.5, 0.6) is 5.75 Å². The Hall–Kier alpha value is -2.06. The molecule has 0 atom stereocenters. The molecule has 1 aliphatic rings. The van der Waals surface area contributed by atoms with Gasteiger partial charge in [0.15, 0.2) is 5.76 Å². The van der Waals surface area contributed by atoms with Crippen LogP contribution in [0.15, 0.2) is 42.2 Å². The predicted octanol–water partition coefficient (Wildman–Crippen LogP) is 4.57. The maximum atomic E-state index is 12.3. The second-order valence-electron chi connectivity index (χ2n) is 4.92. The zero-order chi connectivity index (χ0) is 14.3. The van der Waals surface area contributed by atoms with Crippen molar-refractivity contribution in [3.63, 3.8) is 0 Å². The fourth-order valence-electron chi connectivity index (χ4n) is 2.15. The Morgan fingerprint density at radius 1 is 1.05 bits per heavy atom. The van der Waals surface area contributed by atoms with Gasteiger partial charge in [-0.1, -0.05) is 23.7 Å². The zero-order valence-electron chi connectivity index (χ0n) is 11.2. The molecule has 1 heterocycles. The molecule has 3 rings (SSSR count). The summed E-state index contributed by atoms with van der Waals surface area (Å²) in [4.78, 5) is 12.3. The summed E-state index contributed by atoms with van der Waals surface area (Å²) in [5, 5.41) is 0.667. The van der Waals surface area contributed by atoms with Crippen LogP contribution in [0.1, 0.15) is 27.0 Å². The summed E-state index contributed by atoms with van der Waals surface area (Å²) in [6, 6.07) is 11.1. The van der Waals surface area contributed by atoms with Gasteiger partial charge in [0.1, 0.15) is 5.75 Å². The van der Waals surface area contributed by atoms with Crippen LogP contribution in [0, 0.1) is 13.8 Å². The zero-order valence-corrected chi connectivity index (χ0v) is 12.0. The van der Waals surface area contributed by atoms with Crippen molar-refractivity contribution in [3.8, 4) is 5.75 Å². The van der Waals surface area contributed by atoms with E-state index in [4.69, 9.17) is 16.3 Å². The molecule has 0 radical (unpaired) electrons. The molecule has 0 amide bonds. The van der Waals surface area contributed by atoms with Gasteiger partial charge in [-0.15, -0.1) is 0 Å². The van der Waals surface area contributed by atoms with Gasteiger partial charge < -0.3 is 4.74 Å². The van der Waals surface area contributed by atoms with E-state index in [1.807, 2.05) is 38.1 Å². The predicted molar refractivity (Wildman–Crippen MR) is 80.3 cm³/mol. The second kappa shape index (κ2) is 4.80. The highest BCUT2D eigenvalue weighted by molar-refractivity contribution is 6.30. The number of ether oxygens (including phenoxy) is 1. The Bertz CT molecular complexity index is 727. The van der Waals surface area contributed by atoms with E-state index in [1.54, 1.807) is 18.2 Å². The number of halogens is 1. The summed E-state index contributed by atoms with van der Waals surface area (Å²) in [5.41, 5.74) is 3.73. The molecule has 0 aromatic heterocycles. The average molecular weight is 285 g/mol. The van der Waals surface area contributed by atoms with Crippen LogP contribution < -0.4 is 4.74 Å². The van der Waals surface area contributed by atoms with Crippen LogP contribution in [-0.4, -0.2) is 5.78 Å². The highest BCUT2D eigenvalue weighted by atomic mass is 35.5. The van der Waals surface area contributed by atoms with Gasteiger partial charge in [-0.25, -0.2) is 0 Å². The quantitative estimate of drug-likeness (QED) is 0.717. The lowest BCUT2D eigenvalue weighted by Crippen LogP contribution is -1.98. The summed E-state index contributed by atoms with van der Waals surface area (Å²) in [5.74, 6) is 0.920. The first-order valence-electron chi connectivity index (χ1n) is 6.35. The number of Topliss-reactive ketones (excluding diaryl/α,β-unsaturated/α-hetero) is 1. The average Bonchev–Trinajstić information content (AvgIpc) is 2.70. The van der Waals surface area contributed by atoms with Gasteiger partial charge in [-0.2, -0.15) is 0 Å². The maximum absolute atomic E-state index is 12.3. The summed E-state index contributed by atoms with van der Waals surface area (Å²) < 4.78 is 5.67. The Morgan fingerprint density at radius 2 is 1.70 bits per heavy atom. The molecule has 20 heavy (non-hydrogen) atoms. The lowest BCUT2D eigenvalue weighted by molar-refractivity contribution is 0.101. The molecule has 2 aromatic rings. The fourth-order valence-corrected chi connectivity index (χ4v) is 2.28. The van der Waals surface area contributed by atoms with E-state index in [2.05, 4.69) is 0 Å². The molecule has 0 N–H and O–H groups in total. The van der Waals surface area contributed by atoms with Crippen molar-refractivity contribution < 1.29 is 9.53 Å². The van der Waals surface area contributed by atoms with E-state index in [9.17, 15) is 4.79 Å². The van der Waals surface area contributed by atoms with Crippen LogP contribution in [0.4, 0.5) is 0 Å². The van der Waals surface area contributed by atoms with E-state index in [1.165, 1.54) is 0 Å². The molecule has 0 saturated carbocycles. The van der Waals surface area contributed by atoms with Crippen molar-refractivity contribution in [2.75, 3.05) is 0 Å². The number of carbonyl (C=O) groups is 1. The molecule has 2 nitrogen and oxygen atoms in total. The van der Waals surface area contributed by atoms with E-state index in [0.717, 1.165) is 16.7 Å². The number of allylic oxidation sites excluding steroid dienone is 1. The molecule has 1 aliphatic heterocycles. The molecule has 0 bridgehead atoms. The van der Waals surface area contributed by atoms with Gasteiger partial charge in [0.25, 0.3) is 0 Å². The normalized spacial score (nSPS) is 15.3. The van der Waals surface area contributed by atoms with Crippen LogP contribution >= 0.6 is 11.6 Å². The van der Waals surface area contributed by atoms with Crippen LogP contribution in [-0.2, 0) is 0 Å². The smallest absolute Gasteiger partial charge is 0.231 e. The SMILES string of the molecule is Cc1cc2c(cc1C)C(=O)/C(=C/c1ccc(Cl)cc1)O2. The highest BCUT2D eigenvalue weighted by Gasteiger charge is 2.27. The Kier molecular flexibility index (Phi) is 3.11. The van der Waals surface area contributed by atoms with Crippen molar-refractivity contribution in [1.29, 1.82) is 0 Å². The van der Waals surface area contributed by atoms with Gasteiger partial charge >= 0.3 is 0 Å². The minimum atomic E-state index is -0.0713. The molecule has 0 aliphatic carbocycles. The molecule has 2 aromatic carbocycles. The van der Waals surface area contributed by atoms with Crippen LogP contribution in [0.2, 0.25) is 5.02 Å². The van der Waals surface area contributed by atoms with Crippen molar-refractivity contribution in [1.82, 2.24) is 0 Å². The van der Waals surface area contributed by atoms with Gasteiger partial charge in [-0.3, -0.25) is 4.79 Å². The largest absolute Gasteiger partial charge is 0.452 e. The Morgan fingerprint density at radius 3 is 2.40 bits per heavy atom. The lowest BCUT2D eigenvalue weighted by Gasteiger charge is -2.02. The molecule has 0 fully saturated rings. The van der Waals surface area contributed by atoms with Crippen molar-refractivity contribution in [2.45, 2.75) is 13.8 Å². The number of aryl methyl sites for hydroxylation is 2. The van der Waals surface area contributed by atoms with Gasteiger partial charge in [0.05, 0.1) is 5.56 Å². The highest BCUT2D eigenvalue weighted by Crippen LogP contribution is 2.34. The fraction of sp³-hybridized carbons (Fsp3) is 0.118. The molecular formula is C17H13ClO2. The maximum Gasteiger partial charge on any atom is 0.231 e. The molecular weight excluding hydrogens is 272 g/mol. The molecule has 0 unspecified atom stereocenters. The number of ketones is 1. The topological polar surface area (TPSA) is 26.3 Å². The first kappa shape index (κ1) is 12.9. The van der Waals surface area contributed by atoms with Gasteiger partial charge in [0, 0.05) is 5.02 Å². The van der Waals surface area contributed by atoms with E-state index in [0.29, 0.717) is 22.1 Å². The summed E-state index contributed by atoms with van der Waals surface area (Å²) in [6.07, 6.45) is 1.74. The minimum Gasteiger partial charge on any atom is -0.452 e. The first-order chi connectivity index (χ1) is 9.54. The molecule has 100 valence electrons. The minimum absolute atomic E-state index is 0.0713. The molecule has 3 heteroatoms. The van der Waals surface area contributed by atoms with Gasteiger partial charge in [0.2, 0.25) is 5.78 Å². The number of carbonyl (C=O) groups excluding carboxylic acids is 1. The third-order valence-corrected chi connectivity index (χ3v) is 3.70. The Balaban J connectivity index is 1.99. The van der Waals surface area contributed by atoms with Crippen LogP contribution in [0.3, 0.4) is 0 Å². The third-order valence-electron chi connectivity index (χ3n) is 3.45. The second-order valence-corrected chi connectivity index (χ2v) is 5.36. The standard InChI is InChI=1S/C17H13ClO2/c1-10-7-14-15(8-11(10)2)20-16(17(14)19)9-12-3-5-13(18)6-4-12/h3-9H,1-2H3/b16-9-. The van der Waals surface area contributed by atoms with E-state index in [-0.39, 0.29) is 5.78 Å². The van der Waals surface area contributed by atoms with Crippen LogP contribution in [0.25, 0.3) is 6.08 Å². The summed E-state index contributed by atoms with van der Waals surface area (Å²) in [7, 11) is 0. The summed E-state index contributed by atoms with van der Waals surface area (Å²) >= 11 is 5.85. The molecule has 0 spiro atoms. The monoisotopic (exact) mass is 284 g/mol. The van der Waals surface area contributed by atoms with E-state index >= 15 is 0 Å². The van der Waals surface area contributed by atoms with Crippen molar-refractivity contribution in [3.05, 3.63) is 69.4 Å². The number of benzene rings is 2. The number of fused-ring (bicyclic) bond motifs is 1. The van der Waals surface area contributed by atoms with Crippen molar-refractivity contribution >= 4 is 23.5 Å². The first-order valence-corrected chi connectivity index (χ1v) is 6.73. The Labute approximate surface area is 122 Å². The number of hydrogen-bond donors (Lipinski definition) is 0. The lowest BCUT2D eigenvalue weighted by atomic mass is 10.0. The third kappa shape index (κ3) is 2.23. The number of rotatable bonds is 1. The number of hydrogen-bond acceptors (Lipinski definition) is 2. The van der Waals surface area contributed by atoms with Gasteiger partial charge in [-0.05, 0) is 60.9 Å².